The van der Waals surface area contributed by atoms with Gasteiger partial charge in [-0.1, -0.05) is 37.3 Å². The number of morpholine rings is 1. The fourth-order valence-electron chi connectivity index (χ4n) is 5.16. The third-order valence-corrected chi connectivity index (χ3v) is 6.67. The summed E-state index contributed by atoms with van der Waals surface area (Å²) >= 11 is 0. The molecule has 3 fully saturated rings. The standard InChI is InChI=1S/C23H32N4O2/c1-2-21(17-8-4-3-5-9-17)22-24-25-23(26-14-19-11-12-20(15-26)29-19)27(22)16-18-10-6-7-13-28-18/h3-5,8-9,18-21H,2,6-7,10-16H2,1H3. The third-order valence-electron chi connectivity index (χ3n) is 6.67. The van der Waals surface area contributed by atoms with Gasteiger partial charge in [0.15, 0.2) is 0 Å². The molecule has 5 rings (SSSR count). The molecule has 3 aliphatic rings. The Bertz CT molecular complexity index is 790. The van der Waals surface area contributed by atoms with E-state index in [0.29, 0.717) is 12.2 Å². The van der Waals surface area contributed by atoms with E-state index in [-0.39, 0.29) is 12.0 Å². The molecule has 6 nitrogen and oxygen atoms in total. The lowest BCUT2D eigenvalue weighted by atomic mass is 9.95. The van der Waals surface area contributed by atoms with Crippen LogP contribution in [-0.2, 0) is 16.0 Å². The molecular weight excluding hydrogens is 364 g/mol. The smallest absolute Gasteiger partial charge is 0.227 e. The van der Waals surface area contributed by atoms with E-state index in [0.717, 1.165) is 63.7 Å². The molecule has 0 spiro atoms. The second-order valence-corrected chi connectivity index (χ2v) is 8.69. The summed E-state index contributed by atoms with van der Waals surface area (Å²) in [6.45, 7) is 5.79. The Morgan fingerprint density at radius 3 is 2.52 bits per heavy atom. The number of hydrogen-bond donors (Lipinski definition) is 0. The number of nitrogens with zero attached hydrogens (tertiary/aromatic N) is 4. The van der Waals surface area contributed by atoms with Crippen molar-refractivity contribution < 1.29 is 9.47 Å². The van der Waals surface area contributed by atoms with E-state index in [1.54, 1.807) is 0 Å². The molecular formula is C23H32N4O2. The molecule has 0 radical (unpaired) electrons. The van der Waals surface area contributed by atoms with Crippen molar-refractivity contribution in [1.82, 2.24) is 14.8 Å². The van der Waals surface area contributed by atoms with Crippen LogP contribution < -0.4 is 4.90 Å². The quantitative estimate of drug-likeness (QED) is 0.744. The van der Waals surface area contributed by atoms with Crippen LogP contribution in [0.15, 0.2) is 30.3 Å². The molecule has 0 saturated carbocycles. The first-order chi connectivity index (χ1) is 14.3. The maximum absolute atomic E-state index is 6.10. The number of fused-ring (bicyclic) bond motifs is 2. The van der Waals surface area contributed by atoms with Crippen molar-refractivity contribution in [3.8, 4) is 0 Å². The van der Waals surface area contributed by atoms with Gasteiger partial charge < -0.3 is 14.4 Å². The van der Waals surface area contributed by atoms with Crippen molar-refractivity contribution in [2.45, 2.75) is 76.2 Å². The van der Waals surface area contributed by atoms with Crippen molar-refractivity contribution in [3.05, 3.63) is 41.7 Å². The number of rotatable bonds is 6. The average molecular weight is 397 g/mol. The first kappa shape index (κ1) is 19.1. The molecule has 156 valence electrons. The van der Waals surface area contributed by atoms with Crippen LogP contribution in [-0.4, -0.2) is 52.8 Å². The molecule has 2 bridgehead atoms. The zero-order chi connectivity index (χ0) is 19.6. The summed E-state index contributed by atoms with van der Waals surface area (Å²) in [6.07, 6.45) is 7.79. The highest BCUT2D eigenvalue weighted by Crippen LogP contribution is 2.33. The molecule has 0 aliphatic carbocycles. The van der Waals surface area contributed by atoms with Gasteiger partial charge in [0.2, 0.25) is 5.95 Å². The van der Waals surface area contributed by atoms with E-state index in [1.165, 1.54) is 18.4 Å². The molecule has 6 heteroatoms. The van der Waals surface area contributed by atoms with E-state index in [2.05, 4.69) is 46.7 Å². The molecule has 4 unspecified atom stereocenters. The molecule has 4 atom stereocenters. The van der Waals surface area contributed by atoms with Crippen molar-refractivity contribution in [1.29, 1.82) is 0 Å². The van der Waals surface area contributed by atoms with Crippen molar-refractivity contribution in [2.24, 2.45) is 0 Å². The summed E-state index contributed by atoms with van der Waals surface area (Å²) in [5, 5.41) is 9.47. The topological polar surface area (TPSA) is 52.4 Å². The number of anilines is 1. The number of ether oxygens (including phenoxy) is 2. The van der Waals surface area contributed by atoms with E-state index in [4.69, 9.17) is 19.7 Å². The summed E-state index contributed by atoms with van der Waals surface area (Å²) in [5.41, 5.74) is 1.31. The monoisotopic (exact) mass is 396 g/mol. The maximum atomic E-state index is 6.10. The zero-order valence-corrected chi connectivity index (χ0v) is 17.4. The number of benzene rings is 1. The van der Waals surface area contributed by atoms with Crippen LogP contribution in [0.5, 0.6) is 0 Å². The molecule has 1 aromatic carbocycles. The minimum atomic E-state index is 0.249. The summed E-state index contributed by atoms with van der Waals surface area (Å²) in [4.78, 5) is 2.41. The first-order valence-electron chi connectivity index (χ1n) is 11.3. The van der Waals surface area contributed by atoms with Crippen LogP contribution in [0.1, 0.15) is 62.8 Å². The summed E-state index contributed by atoms with van der Waals surface area (Å²) in [5.74, 6) is 2.32. The van der Waals surface area contributed by atoms with Gasteiger partial charge in [-0.3, -0.25) is 4.57 Å². The fraction of sp³-hybridized carbons (Fsp3) is 0.652. The SMILES string of the molecule is CCC(c1ccccc1)c1nnc(N2CC3CCC(C2)O3)n1CC1CCCCO1. The second-order valence-electron chi connectivity index (χ2n) is 8.69. The van der Waals surface area contributed by atoms with Gasteiger partial charge in [0, 0.05) is 25.6 Å². The van der Waals surface area contributed by atoms with Gasteiger partial charge in [-0.15, -0.1) is 10.2 Å². The van der Waals surface area contributed by atoms with Crippen LogP contribution in [0.3, 0.4) is 0 Å². The Labute approximate surface area is 173 Å². The summed E-state index contributed by atoms with van der Waals surface area (Å²) < 4.78 is 14.5. The Kier molecular flexibility index (Phi) is 5.55. The lowest BCUT2D eigenvalue weighted by molar-refractivity contribution is 0.00496. The van der Waals surface area contributed by atoms with E-state index < -0.39 is 0 Å². The van der Waals surface area contributed by atoms with Gasteiger partial charge in [0.1, 0.15) is 5.82 Å². The highest BCUT2D eigenvalue weighted by atomic mass is 16.5. The zero-order valence-electron chi connectivity index (χ0n) is 17.4. The van der Waals surface area contributed by atoms with Gasteiger partial charge >= 0.3 is 0 Å². The fourth-order valence-corrected chi connectivity index (χ4v) is 5.16. The van der Waals surface area contributed by atoms with Gasteiger partial charge in [-0.25, -0.2) is 0 Å². The Hall–Kier alpha value is -1.92. The van der Waals surface area contributed by atoms with Crippen molar-refractivity contribution in [2.75, 3.05) is 24.6 Å². The van der Waals surface area contributed by atoms with Crippen LogP contribution in [0.2, 0.25) is 0 Å². The van der Waals surface area contributed by atoms with Gasteiger partial charge in [0.25, 0.3) is 0 Å². The van der Waals surface area contributed by atoms with Crippen LogP contribution >= 0.6 is 0 Å². The first-order valence-corrected chi connectivity index (χ1v) is 11.3. The average Bonchev–Trinajstić information content (AvgIpc) is 3.33. The highest BCUT2D eigenvalue weighted by molar-refractivity contribution is 5.36. The Balaban J connectivity index is 1.49. The van der Waals surface area contributed by atoms with Crippen molar-refractivity contribution >= 4 is 5.95 Å². The predicted molar refractivity (Wildman–Crippen MR) is 112 cm³/mol. The molecule has 4 heterocycles. The molecule has 3 saturated heterocycles. The largest absolute Gasteiger partial charge is 0.376 e. The van der Waals surface area contributed by atoms with Gasteiger partial charge in [-0.05, 0) is 44.1 Å². The Morgan fingerprint density at radius 2 is 1.83 bits per heavy atom. The van der Waals surface area contributed by atoms with Crippen LogP contribution in [0.25, 0.3) is 0 Å². The predicted octanol–water partition coefficient (Wildman–Crippen LogP) is 3.76. The maximum Gasteiger partial charge on any atom is 0.227 e. The second kappa shape index (κ2) is 8.44. The lowest BCUT2D eigenvalue weighted by Gasteiger charge is -2.34. The van der Waals surface area contributed by atoms with E-state index in [9.17, 15) is 0 Å². The number of aromatic nitrogens is 3. The normalized spacial score (nSPS) is 27.9. The summed E-state index contributed by atoms with van der Waals surface area (Å²) in [6, 6.07) is 10.7. The minimum Gasteiger partial charge on any atom is -0.376 e. The van der Waals surface area contributed by atoms with Crippen LogP contribution in [0.4, 0.5) is 5.95 Å². The van der Waals surface area contributed by atoms with Gasteiger partial charge in [-0.2, -0.15) is 0 Å². The minimum absolute atomic E-state index is 0.249. The van der Waals surface area contributed by atoms with Crippen LogP contribution in [0, 0.1) is 0 Å². The molecule has 2 aromatic rings. The molecule has 1 aromatic heterocycles. The number of hydrogen-bond acceptors (Lipinski definition) is 5. The summed E-state index contributed by atoms with van der Waals surface area (Å²) in [7, 11) is 0. The van der Waals surface area contributed by atoms with E-state index in [1.807, 2.05) is 0 Å². The molecule has 3 aliphatic heterocycles. The molecule has 0 amide bonds. The van der Waals surface area contributed by atoms with Crippen molar-refractivity contribution in [3.63, 3.8) is 0 Å². The molecule has 0 N–H and O–H groups in total. The lowest BCUT2D eigenvalue weighted by Crippen LogP contribution is -2.44. The van der Waals surface area contributed by atoms with Gasteiger partial charge in [0.05, 0.1) is 24.9 Å². The third kappa shape index (κ3) is 3.92. The van der Waals surface area contributed by atoms with E-state index >= 15 is 0 Å². The Morgan fingerprint density at radius 1 is 1.03 bits per heavy atom. The highest BCUT2D eigenvalue weighted by Gasteiger charge is 2.36. The molecule has 29 heavy (non-hydrogen) atoms.